The Hall–Kier alpha value is -2.88. The van der Waals surface area contributed by atoms with E-state index >= 15 is 0 Å². The van der Waals surface area contributed by atoms with Gasteiger partial charge in [-0.05, 0) is 12.1 Å². The number of amides is 2. The summed E-state index contributed by atoms with van der Waals surface area (Å²) in [4.78, 5) is 26.4. The number of oxime groups is 1. The molecule has 0 radical (unpaired) electrons. The van der Waals surface area contributed by atoms with Crippen molar-refractivity contribution in [1.29, 1.82) is 5.26 Å². The van der Waals surface area contributed by atoms with E-state index in [1.54, 1.807) is 36.4 Å². The van der Waals surface area contributed by atoms with Gasteiger partial charge in [0.05, 0.1) is 0 Å². The van der Waals surface area contributed by atoms with E-state index in [9.17, 15) is 9.59 Å². The van der Waals surface area contributed by atoms with Crippen LogP contribution >= 0.6 is 0 Å². The molecule has 0 aromatic heterocycles. The molecule has 18 heavy (non-hydrogen) atoms. The summed E-state index contributed by atoms with van der Waals surface area (Å²) in [5.74, 6) is -1.48. The topological polar surface area (TPSA) is 118 Å². The average molecular weight is 246 g/mol. The molecule has 92 valence electrons. The number of nitrogens with one attached hydrogen (secondary N) is 1. The van der Waals surface area contributed by atoms with E-state index < -0.39 is 24.1 Å². The number of primary amides is 1. The fourth-order valence-corrected chi connectivity index (χ4v) is 0.985. The second kappa shape index (κ2) is 6.65. The zero-order chi connectivity index (χ0) is 13.4. The van der Waals surface area contributed by atoms with Gasteiger partial charge >= 0.3 is 0 Å². The third-order valence-electron chi connectivity index (χ3n) is 1.72. The van der Waals surface area contributed by atoms with Gasteiger partial charge in [0.2, 0.25) is 5.71 Å². The Morgan fingerprint density at radius 2 is 2.06 bits per heavy atom. The maximum absolute atomic E-state index is 11.6. The van der Waals surface area contributed by atoms with Crippen molar-refractivity contribution in [2.24, 2.45) is 10.9 Å². The van der Waals surface area contributed by atoms with E-state index in [0.29, 0.717) is 5.69 Å². The van der Waals surface area contributed by atoms with Crippen molar-refractivity contribution in [2.75, 3.05) is 11.9 Å². The van der Waals surface area contributed by atoms with Crippen LogP contribution in [0.3, 0.4) is 0 Å². The van der Waals surface area contributed by atoms with Gasteiger partial charge in [0.25, 0.3) is 11.8 Å². The molecule has 0 spiro atoms. The Kier molecular flexibility index (Phi) is 4.87. The molecule has 2 amide bonds. The smallest absolute Gasteiger partial charge is 0.288 e. The predicted octanol–water partition coefficient (Wildman–Crippen LogP) is 0.00658. The summed E-state index contributed by atoms with van der Waals surface area (Å²) in [5.41, 5.74) is 4.82. The molecule has 0 bridgehead atoms. The second-order valence-electron chi connectivity index (χ2n) is 3.11. The van der Waals surface area contributed by atoms with Crippen LogP contribution in [0.5, 0.6) is 0 Å². The first-order chi connectivity index (χ1) is 8.63. The van der Waals surface area contributed by atoms with Gasteiger partial charge in [0.1, 0.15) is 6.07 Å². The predicted molar refractivity (Wildman–Crippen MR) is 63.3 cm³/mol. The SMILES string of the molecule is N#CC(=NOCC(N)=O)C(=O)Nc1ccccc1. The zero-order valence-electron chi connectivity index (χ0n) is 9.29. The third-order valence-corrected chi connectivity index (χ3v) is 1.72. The largest absolute Gasteiger partial charge is 0.384 e. The number of nitriles is 1. The molecule has 0 aliphatic carbocycles. The Labute approximate surface area is 103 Å². The number of nitrogens with zero attached hydrogens (tertiary/aromatic N) is 2. The number of para-hydroxylation sites is 1. The van der Waals surface area contributed by atoms with Gasteiger partial charge in [-0.15, -0.1) is 0 Å². The van der Waals surface area contributed by atoms with Crippen LogP contribution in [0.15, 0.2) is 35.5 Å². The minimum Gasteiger partial charge on any atom is -0.384 e. The van der Waals surface area contributed by atoms with E-state index in [2.05, 4.69) is 15.3 Å². The number of hydrogen-bond acceptors (Lipinski definition) is 5. The fraction of sp³-hybridized carbons (Fsp3) is 0.0909. The lowest BCUT2D eigenvalue weighted by atomic mass is 10.3. The Morgan fingerprint density at radius 1 is 1.39 bits per heavy atom. The molecule has 1 rings (SSSR count). The van der Waals surface area contributed by atoms with Gasteiger partial charge in [0.15, 0.2) is 6.61 Å². The summed E-state index contributed by atoms with van der Waals surface area (Å²) in [6.45, 7) is -0.496. The van der Waals surface area contributed by atoms with Gasteiger partial charge in [-0.25, -0.2) is 0 Å². The van der Waals surface area contributed by atoms with Crippen LogP contribution in [0, 0.1) is 11.3 Å². The van der Waals surface area contributed by atoms with E-state index in [1.165, 1.54) is 0 Å². The summed E-state index contributed by atoms with van der Waals surface area (Å²) in [7, 11) is 0. The molecule has 1 aromatic rings. The molecule has 0 aliphatic heterocycles. The molecule has 7 nitrogen and oxygen atoms in total. The summed E-state index contributed by atoms with van der Waals surface area (Å²) in [6.07, 6.45) is 0. The van der Waals surface area contributed by atoms with Gasteiger partial charge in [-0.3, -0.25) is 9.59 Å². The first kappa shape index (κ1) is 13.2. The first-order valence-electron chi connectivity index (χ1n) is 4.88. The normalized spacial score (nSPS) is 10.3. The van der Waals surface area contributed by atoms with Crippen molar-refractivity contribution >= 4 is 23.2 Å². The fourth-order valence-electron chi connectivity index (χ4n) is 0.985. The minimum atomic E-state index is -0.750. The number of benzene rings is 1. The van der Waals surface area contributed by atoms with Crippen LogP contribution in [0.4, 0.5) is 5.69 Å². The van der Waals surface area contributed by atoms with Gasteiger partial charge in [0, 0.05) is 5.69 Å². The number of carbonyl (C=O) groups is 2. The molecule has 0 heterocycles. The van der Waals surface area contributed by atoms with Crippen molar-refractivity contribution < 1.29 is 14.4 Å². The van der Waals surface area contributed by atoms with E-state index in [0.717, 1.165) is 0 Å². The molecule has 0 atom stereocenters. The highest BCUT2D eigenvalue weighted by Gasteiger charge is 2.12. The Morgan fingerprint density at radius 3 is 2.61 bits per heavy atom. The Bertz CT molecular complexity index is 505. The quantitative estimate of drug-likeness (QED) is 0.561. The molecular weight excluding hydrogens is 236 g/mol. The van der Waals surface area contributed by atoms with Crippen LogP contribution in [-0.2, 0) is 14.4 Å². The highest BCUT2D eigenvalue weighted by molar-refractivity contribution is 6.48. The Balaban J connectivity index is 2.63. The van der Waals surface area contributed by atoms with Crippen LogP contribution in [0.1, 0.15) is 0 Å². The standard InChI is InChI=1S/C11H10N4O3/c12-6-9(15-18-7-10(13)16)11(17)14-8-4-2-1-3-5-8/h1-5H,7H2,(H2,13,16)(H,14,17). The first-order valence-corrected chi connectivity index (χ1v) is 4.88. The number of nitrogens with two attached hydrogens (primary N) is 1. The lowest BCUT2D eigenvalue weighted by Crippen LogP contribution is -2.23. The molecular formula is C11H10N4O3. The van der Waals surface area contributed by atoms with Crippen molar-refractivity contribution in [3.8, 4) is 6.07 Å². The van der Waals surface area contributed by atoms with Gasteiger partial charge in [-0.1, -0.05) is 23.4 Å². The van der Waals surface area contributed by atoms with Crippen molar-refractivity contribution in [3.63, 3.8) is 0 Å². The molecule has 0 aliphatic rings. The maximum Gasteiger partial charge on any atom is 0.288 e. The van der Waals surface area contributed by atoms with Crippen LogP contribution in [-0.4, -0.2) is 24.1 Å². The molecule has 0 saturated heterocycles. The molecule has 0 fully saturated rings. The highest BCUT2D eigenvalue weighted by Crippen LogP contribution is 2.04. The maximum atomic E-state index is 11.6. The number of anilines is 1. The van der Waals surface area contributed by atoms with Crippen LogP contribution in [0.2, 0.25) is 0 Å². The van der Waals surface area contributed by atoms with Crippen molar-refractivity contribution in [3.05, 3.63) is 30.3 Å². The van der Waals surface area contributed by atoms with Gasteiger partial charge in [-0.2, -0.15) is 5.26 Å². The number of rotatable bonds is 5. The summed E-state index contributed by atoms with van der Waals surface area (Å²) in [6, 6.07) is 10.1. The number of carbonyl (C=O) groups excluding carboxylic acids is 2. The monoisotopic (exact) mass is 246 g/mol. The highest BCUT2D eigenvalue weighted by atomic mass is 16.6. The third kappa shape index (κ3) is 4.32. The van der Waals surface area contributed by atoms with Gasteiger partial charge < -0.3 is 15.9 Å². The number of hydrogen-bond donors (Lipinski definition) is 2. The minimum absolute atomic E-state index is 0.496. The lowest BCUT2D eigenvalue weighted by Gasteiger charge is -2.02. The van der Waals surface area contributed by atoms with E-state index in [4.69, 9.17) is 11.0 Å². The molecule has 3 N–H and O–H groups in total. The molecule has 0 unspecified atom stereocenters. The summed E-state index contributed by atoms with van der Waals surface area (Å²) in [5, 5.41) is 14.4. The molecule has 7 heteroatoms. The summed E-state index contributed by atoms with van der Waals surface area (Å²) < 4.78 is 0. The van der Waals surface area contributed by atoms with Crippen molar-refractivity contribution in [2.45, 2.75) is 0 Å². The van der Waals surface area contributed by atoms with Crippen LogP contribution < -0.4 is 11.1 Å². The van der Waals surface area contributed by atoms with Crippen molar-refractivity contribution in [1.82, 2.24) is 0 Å². The van der Waals surface area contributed by atoms with Crippen LogP contribution in [0.25, 0.3) is 0 Å². The average Bonchev–Trinajstić information content (AvgIpc) is 2.35. The lowest BCUT2D eigenvalue weighted by molar-refractivity contribution is -0.122. The second-order valence-corrected chi connectivity index (χ2v) is 3.11. The molecule has 0 saturated carbocycles. The zero-order valence-corrected chi connectivity index (χ0v) is 9.29. The van der Waals surface area contributed by atoms with E-state index in [-0.39, 0.29) is 0 Å². The molecule has 1 aromatic carbocycles. The summed E-state index contributed by atoms with van der Waals surface area (Å²) >= 11 is 0. The van der Waals surface area contributed by atoms with E-state index in [1.807, 2.05) is 0 Å².